The highest BCUT2D eigenvalue weighted by molar-refractivity contribution is 5.15. The van der Waals surface area contributed by atoms with Gasteiger partial charge in [-0.05, 0) is 18.9 Å². The molecule has 0 saturated carbocycles. The van der Waals surface area contributed by atoms with E-state index >= 15 is 0 Å². The highest BCUT2D eigenvalue weighted by Gasteiger charge is 2.24. The van der Waals surface area contributed by atoms with Crippen LogP contribution in [-0.2, 0) is 12.1 Å². The van der Waals surface area contributed by atoms with Gasteiger partial charge in [-0.15, -0.1) is 5.10 Å². The van der Waals surface area contributed by atoms with Crippen molar-refractivity contribution in [2.45, 2.75) is 32.4 Å². The average Bonchev–Trinajstić information content (AvgIpc) is 2.80. The fourth-order valence-corrected chi connectivity index (χ4v) is 1.57. The molecule has 90 valence electrons. The summed E-state index contributed by atoms with van der Waals surface area (Å²) in [6, 6.07) is 10.1. The van der Waals surface area contributed by atoms with Gasteiger partial charge in [0.15, 0.2) is 0 Å². The predicted molar refractivity (Wildman–Crippen MR) is 65.4 cm³/mol. The maximum absolute atomic E-state index is 10.1. The van der Waals surface area contributed by atoms with Crippen LogP contribution in [-0.4, -0.2) is 20.1 Å². The van der Waals surface area contributed by atoms with Crippen molar-refractivity contribution in [1.29, 1.82) is 0 Å². The van der Waals surface area contributed by atoms with Crippen LogP contribution in [0.4, 0.5) is 0 Å². The number of rotatable bonds is 4. The van der Waals surface area contributed by atoms with Gasteiger partial charge in [-0.2, -0.15) is 0 Å². The summed E-state index contributed by atoms with van der Waals surface area (Å²) in [6.07, 6.45) is 2.42. The third kappa shape index (κ3) is 2.71. The number of benzene rings is 1. The topological polar surface area (TPSA) is 50.9 Å². The largest absolute Gasteiger partial charge is 0.384 e. The van der Waals surface area contributed by atoms with Crippen LogP contribution < -0.4 is 0 Å². The number of hydrogen-bond acceptors (Lipinski definition) is 3. The van der Waals surface area contributed by atoms with Crippen molar-refractivity contribution in [2.75, 3.05) is 0 Å². The number of nitrogens with zero attached hydrogens (tertiary/aromatic N) is 3. The molecular formula is C13H17N3O. The molecule has 2 rings (SSSR count). The summed E-state index contributed by atoms with van der Waals surface area (Å²) >= 11 is 0. The molecule has 1 heterocycles. The second kappa shape index (κ2) is 4.67. The molecular weight excluding hydrogens is 214 g/mol. The lowest BCUT2D eigenvalue weighted by Gasteiger charge is -2.16. The maximum atomic E-state index is 10.1. The van der Waals surface area contributed by atoms with E-state index in [1.165, 1.54) is 5.56 Å². The van der Waals surface area contributed by atoms with Crippen molar-refractivity contribution in [3.63, 3.8) is 0 Å². The molecule has 0 spiro atoms. The lowest BCUT2D eigenvalue weighted by Crippen LogP contribution is -2.20. The zero-order valence-corrected chi connectivity index (χ0v) is 10.2. The van der Waals surface area contributed by atoms with Gasteiger partial charge in [0, 0.05) is 0 Å². The molecule has 17 heavy (non-hydrogen) atoms. The predicted octanol–water partition coefficient (Wildman–Crippen LogP) is 1.94. The average molecular weight is 231 g/mol. The minimum Gasteiger partial charge on any atom is -0.384 e. The van der Waals surface area contributed by atoms with Gasteiger partial charge in [-0.1, -0.05) is 42.5 Å². The van der Waals surface area contributed by atoms with Crippen LogP contribution >= 0.6 is 0 Å². The standard InChI is InChI=1S/C13H17N3O/c1-3-13(2,17)12-10-16(15-14-12)9-11-7-5-4-6-8-11/h4-8,10,17H,3,9H2,1-2H3/t13-/m1/s1. The summed E-state index contributed by atoms with van der Waals surface area (Å²) in [7, 11) is 0. The second-order valence-electron chi connectivity index (χ2n) is 4.41. The van der Waals surface area contributed by atoms with Crippen LogP contribution in [0.25, 0.3) is 0 Å². The molecule has 2 aromatic rings. The van der Waals surface area contributed by atoms with Crippen molar-refractivity contribution in [3.05, 3.63) is 47.8 Å². The molecule has 0 amide bonds. The minimum absolute atomic E-state index is 0.621. The van der Waals surface area contributed by atoms with Gasteiger partial charge in [0.25, 0.3) is 0 Å². The van der Waals surface area contributed by atoms with Gasteiger partial charge in [0.2, 0.25) is 0 Å². The lowest BCUT2D eigenvalue weighted by molar-refractivity contribution is 0.0484. The first kappa shape index (κ1) is 11.8. The highest BCUT2D eigenvalue weighted by Crippen LogP contribution is 2.21. The zero-order valence-electron chi connectivity index (χ0n) is 10.2. The van der Waals surface area contributed by atoms with Crippen LogP contribution in [0.15, 0.2) is 36.5 Å². The quantitative estimate of drug-likeness (QED) is 0.875. The molecule has 1 aromatic carbocycles. The Morgan fingerprint density at radius 1 is 1.29 bits per heavy atom. The van der Waals surface area contributed by atoms with Crippen molar-refractivity contribution >= 4 is 0 Å². The smallest absolute Gasteiger partial charge is 0.114 e. The van der Waals surface area contributed by atoms with Gasteiger partial charge in [-0.25, -0.2) is 4.68 Å². The van der Waals surface area contributed by atoms with E-state index in [4.69, 9.17) is 0 Å². The maximum Gasteiger partial charge on any atom is 0.114 e. The Hall–Kier alpha value is -1.68. The molecule has 0 unspecified atom stereocenters. The van der Waals surface area contributed by atoms with Gasteiger partial charge >= 0.3 is 0 Å². The van der Waals surface area contributed by atoms with Crippen molar-refractivity contribution in [2.24, 2.45) is 0 Å². The zero-order chi connectivity index (χ0) is 12.3. The van der Waals surface area contributed by atoms with E-state index in [1.807, 2.05) is 37.3 Å². The Kier molecular flexibility index (Phi) is 3.24. The monoisotopic (exact) mass is 231 g/mol. The van der Waals surface area contributed by atoms with Crippen LogP contribution in [0.5, 0.6) is 0 Å². The second-order valence-corrected chi connectivity index (χ2v) is 4.41. The Morgan fingerprint density at radius 3 is 2.65 bits per heavy atom. The van der Waals surface area contributed by atoms with Crippen LogP contribution in [0.1, 0.15) is 31.5 Å². The van der Waals surface area contributed by atoms with Gasteiger partial charge < -0.3 is 5.11 Å². The fraction of sp³-hybridized carbons (Fsp3) is 0.385. The van der Waals surface area contributed by atoms with Crippen molar-refractivity contribution in [3.8, 4) is 0 Å². The van der Waals surface area contributed by atoms with Crippen LogP contribution in [0.3, 0.4) is 0 Å². The molecule has 1 atom stereocenters. The molecule has 0 radical (unpaired) electrons. The summed E-state index contributed by atoms with van der Waals surface area (Å²) in [4.78, 5) is 0. The van der Waals surface area contributed by atoms with E-state index in [0.29, 0.717) is 18.7 Å². The molecule has 0 aliphatic rings. The molecule has 0 bridgehead atoms. The van der Waals surface area contributed by atoms with E-state index in [1.54, 1.807) is 17.8 Å². The molecule has 0 fully saturated rings. The molecule has 4 heteroatoms. The summed E-state index contributed by atoms with van der Waals surface area (Å²) < 4.78 is 1.74. The highest BCUT2D eigenvalue weighted by atomic mass is 16.3. The molecule has 0 aliphatic heterocycles. The third-order valence-electron chi connectivity index (χ3n) is 2.97. The Labute approximate surface area is 101 Å². The third-order valence-corrected chi connectivity index (χ3v) is 2.97. The van der Waals surface area contributed by atoms with Gasteiger partial charge in [0.05, 0.1) is 12.7 Å². The molecule has 0 saturated heterocycles. The first-order valence-corrected chi connectivity index (χ1v) is 5.79. The normalized spacial score (nSPS) is 14.5. The summed E-state index contributed by atoms with van der Waals surface area (Å²) in [5.41, 5.74) is 0.894. The van der Waals surface area contributed by atoms with E-state index in [9.17, 15) is 5.11 Å². The molecule has 0 aliphatic carbocycles. The Bertz CT molecular complexity index is 476. The van der Waals surface area contributed by atoms with E-state index in [-0.39, 0.29) is 0 Å². The Balaban J connectivity index is 2.14. The molecule has 1 N–H and O–H groups in total. The van der Waals surface area contributed by atoms with Crippen molar-refractivity contribution in [1.82, 2.24) is 15.0 Å². The van der Waals surface area contributed by atoms with Crippen LogP contribution in [0, 0.1) is 0 Å². The first-order valence-electron chi connectivity index (χ1n) is 5.79. The fourth-order valence-electron chi connectivity index (χ4n) is 1.57. The van der Waals surface area contributed by atoms with Gasteiger partial charge in [0.1, 0.15) is 11.3 Å². The SMILES string of the molecule is CC[C@@](C)(O)c1cn(Cc2ccccc2)nn1. The lowest BCUT2D eigenvalue weighted by atomic mass is 10.0. The number of hydrogen-bond donors (Lipinski definition) is 1. The van der Waals surface area contributed by atoms with Crippen LogP contribution in [0.2, 0.25) is 0 Å². The van der Waals surface area contributed by atoms with E-state index in [2.05, 4.69) is 10.3 Å². The van der Waals surface area contributed by atoms with Crippen molar-refractivity contribution < 1.29 is 5.11 Å². The molecule has 1 aromatic heterocycles. The number of aromatic nitrogens is 3. The first-order chi connectivity index (χ1) is 8.12. The van der Waals surface area contributed by atoms with Gasteiger partial charge in [-0.3, -0.25) is 0 Å². The van der Waals surface area contributed by atoms with E-state index in [0.717, 1.165) is 0 Å². The molecule has 4 nitrogen and oxygen atoms in total. The summed E-state index contributed by atoms with van der Waals surface area (Å²) in [5.74, 6) is 0. The minimum atomic E-state index is -0.894. The van der Waals surface area contributed by atoms with E-state index < -0.39 is 5.60 Å². The number of aliphatic hydroxyl groups is 1. The summed E-state index contributed by atoms with van der Waals surface area (Å²) in [6.45, 7) is 4.35. The Morgan fingerprint density at radius 2 is 2.00 bits per heavy atom. The summed E-state index contributed by atoms with van der Waals surface area (Å²) in [5, 5.41) is 18.1.